The summed E-state index contributed by atoms with van der Waals surface area (Å²) >= 11 is 0. The molecule has 0 aliphatic carbocycles. The first-order chi connectivity index (χ1) is 16.1. The van der Waals surface area contributed by atoms with E-state index in [1.165, 1.54) is 6.08 Å². The highest BCUT2D eigenvalue weighted by Gasteiger charge is 2.24. The zero-order valence-electron chi connectivity index (χ0n) is 20.0. The van der Waals surface area contributed by atoms with E-state index < -0.39 is 0 Å². The molecule has 3 rings (SSSR count). The highest BCUT2D eigenvalue weighted by molar-refractivity contribution is 5.87. The van der Waals surface area contributed by atoms with Crippen molar-refractivity contribution in [1.29, 1.82) is 0 Å². The summed E-state index contributed by atoms with van der Waals surface area (Å²) in [4.78, 5) is 25.3. The van der Waals surface area contributed by atoms with Crippen molar-refractivity contribution < 1.29 is 9.23 Å². The number of aryl methyl sites for hydroxylation is 2. The van der Waals surface area contributed by atoms with E-state index in [2.05, 4.69) is 29.0 Å². The van der Waals surface area contributed by atoms with Crippen LogP contribution in [0.2, 0.25) is 0 Å². The summed E-state index contributed by atoms with van der Waals surface area (Å²) < 4.78 is 14.0. The number of hydrogen-bond acceptors (Lipinski definition) is 5. The lowest BCUT2D eigenvalue weighted by Crippen LogP contribution is -2.39. The fraction of sp³-hybridized carbons (Fsp3) is 0.577. The van der Waals surface area contributed by atoms with Crippen molar-refractivity contribution in [2.45, 2.75) is 65.3 Å². The summed E-state index contributed by atoms with van der Waals surface area (Å²) in [5.74, 6) is 1.33. The van der Waals surface area contributed by atoms with Crippen molar-refractivity contribution >= 4 is 5.71 Å². The maximum Gasteiger partial charge on any atom is 0.256 e. The maximum atomic E-state index is 12.9. The molecule has 180 valence electrons. The Kier molecular flexibility index (Phi) is 11.6. The summed E-state index contributed by atoms with van der Waals surface area (Å²) in [6.45, 7) is 7.75. The molecule has 1 saturated heterocycles. The summed E-state index contributed by atoms with van der Waals surface area (Å²) in [5.41, 5.74) is 2.96. The van der Waals surface area contributed by atoms with Gasteiger partial charge in [-0.15, -0.1) is 12.8 Å². The standard InChI is InChI=1S/C24H35FN4O2.C2H2/c1-3-4-8-22(27-31-18-7-13-25)20-10-15-28(16-11-20)17-12-21-19(2)26-23-9-5-6-14-29(23)24(21)30;1-2/h3-4,7,13,20H,5-6,8-12,14-18H2,1-2H3;1-2H/b4-3-,13-7+,27-22+;. The first-order valence-corrected chi connectivity index (χ1v) is 11.8. The van der Waals surface area contributed by atoms with Crippen LogP contribution in [-0.2, 0) is 24.2 Å². The fourth-order valence-corrected chi connectivity index (χ4v) is 4.49. The molecular formula is C26H37FN4O2. The molecule has 2 aliphatic rings. The second-order valence-electron chi connectivity index (χ2n) is 8.39. The highest BCUT2D eigenvalue weighted by atomic mass is 19.1. The molecule has 0 bridgehead atoms. The van der Waals surface area contributed by atoms with Gasteiger partial charge in [0.05, 0.1) is 12.0 Å². The van der Waals surface area contributed by atoms with Crippen LogP contribution >= 0.6 is 0 Å². The van der Waals surface area contributed by atoms with E-state index in [1.54, 1.807) is 0 Å². The zero-order valence-corrected chi connectivity index (χ0v) is 20.0. The molecule has 0 aromatic carbocycles. The molecule has 0 N–H and O–H groups in total. The quantitative estimate of drug-likeness (QED) is 0.184. The van der Waals surface area contributed by atoms with Gasteiger partial charge in [-0.05, 0) is 65.1 Å². The predicted octanol–water partition coefficient (Wildman–Crippen LogP) is 4.21. The Labute approximate surface area is 197 Å². The van der Waals surface area contributed by atoms with Crippen LogP contribution in [0.15, 0.2) is 34.5 Å². The monoisotopic (exact) mass is 456 g/mol. The number of hydrogen-bond donors (Lipinski definition) is 0. The molecule has 0 atom stereocenters. The van der Waals surface area contributed by atoms with Gasteiger partial charge in [-0.3, -0.25) is 9.36 Å². The van der Waals surface area contributed by atoms with Crippen molar-refractivity contribution in [3.05, 3.63) is 52.0 Å². The molecule has 1 aromatic rings. The fourth-order valence-electron chi connectivity index (χ4n) is 4.49. The number of fused-ring (bicyclic) bond motifs is 1. The molecule has 0 spiro atoms. The van der Waals surface area contributed by atoms with E-state index in [0.29, 0.717) is 12.2 Å². The van der Waals surface area contributed by atoms with Gasteiger partial charge in [0.15, 0.2) is 0 Å². The molecular weight excluding hydrogens is 419 g/mol. The van der Waals surface area contributed by atoms with E-state index >= 15 is 0 Å². The molecule has 3 heterocycles. The number of allylic oxidation sites excluding steroid dienone is 2. The average molecular weight is 457 g/mol. The van der Waals surface area contributed by atoms with Crippen molar-refractivity contribution in [1.82, 2.24) is 14.5 Å². The van der Waals surface area contributed by atoms with Crippen LogP contribution in [-0.4, -0.2) is 46.4 Å². The Hall–Kier alpha value is -2.72. The lowest BCUT2D eigenvalue weighted by molar-refractivity contribution is 0.165. The van der Waals surface area contributed by atoms with E-state index in [1.807, 2.05) is 24.5 Å². The Bertz CT molecular complexity index is 909. The lowest BCUT2D eigenvalue weighted by Gasteiger charge is -2.32. The van der Waals surface area contributed by atoms with E-state index in [-0.39, 0.29) is 12.2 Å². The van der Waals surface area contributed by atoms with Gasteiger partial charge in [0.1, 0.15) is 12.4 Å². The smallest absolute Gasteiger partial charge is 0.256 e. The van der Waals surface area contributed by atoms with Crippen molar-refractivity contribution in [3.63, 3.8) is 0 Å². The number of aromatic nitrogens is 2. The Morgan fingerprint density at radius 2 is 2.00 bits per heavy atom. The van der Waals surface area contributed by atoms with Gasteiger partial charge < -0.3 is 9.74 Å². The van der Waals surface area contributed by atoms with Gasteiger partial charge >= 0.3 is 0 Å². The molecule has 7 heteroatoms. The third-order valence-electron chi connectivity index (χ3n) is 6.32. The molecule has 0 unspecified atom stereocenters. The Morgan fingerprint density at radius 1 is 1.24 bits per heavy atom. The largest absolute Gasteiger partial charge is 0.392 e. The first kappa shape index (κ1) is 26.5. The second-order valence-corrected chi connectivity index (χ2v) is 8.39. The number of likely N-dealkylation sites (tertiary alicyclic amines) is 1. The minimum absolute atomic E-state index is 0.151. The number of rotatable bonds is 9. The summed E-state index contributed by atoms with van der Waals surface area (Å²) in [6, 6.07) is 0. The first-order valence-electron chi connectivity index (χ1n) is 11.8. The molecule has 0 amide bonds. The van der Waals surface area contributed by atoms with Gasteiger partial charge in [0.25, 0.3) is 5.56 Å². The van der Waals surface area contributed by atoms with Crippen molar-refractivity contribution in [3.8, 4) is 12.8 Å². The van der Waals surface area contributed by atoms with Gasteiger partial charge in [0.2, 0.25) is 0 Å². The van der Waals surface area contributed by atoms with Crippen LogP contribution in [0.5, 0.6) is 0 Å². The number of nitrogens with zero attached hydrogens (tertiary/aromatic N) is 4. The number of terminal acetylenes is 1. The van der Waals surface area contributed by atoms with E-state index in [0.717, 1.165) is 93.9 Å². The minimum Gasteiger partial charge on any atom is -0.392 e. The average Bonchev–Trinajstić information content (AvgIpc) is 2.85. The lowest BCUT2D eigenvalue weighted by atomic mass is 9.90. The van der Waals surface area contributed by atoms with Gasteiger partial charge in [-0.25, -0.2) is 9.37 Å². The third kappa shape index (κ3) is 7.68. The van der Waals surface area contributed by atoms with Crippen molar-refractivity contribution in [2.24, 2.45) is 11.1 Å². The van der Waals surface area contributed by atoms with Gasteiger partial charge in [0, 0.05) is 43.1 Å². The molecule has 0 saturated carbocycles. The summed E-state index contributed by atoms with van der Waals surface area (Å²) in [5, 5.41) is 4.28. The van der Waals surface area contributed by atoms with Crippen LogP contribution in [0.4, 0.5) is 4.39 Å². The van der Waals surface area contributed by atoms with Gasteiger partial charge in [-0.1, -0.05) is 17.3 Å². The molecule has 33 heavy (non-hydrogen) atoms. The van der Waals surface area contributed by atoms with Crippen LogP contribution in [0.25, 0.3) is 0 Å². The normalized spacial score (nSPS) is 17.7. The van der Waals surface area contributed by atoms with E-state index in [9.17, 15) is 9.18 Å². The SMILES string of the molecule is C#C.C/C=C\C/C(=N\OC/C=C/F)C1CCN(CCc2c(C)nc3n(c2=O)CCCC3)CC1. The molecule has 1 fully saturated rings. The summed E-state index contributed by atoms with van der Waals surface area (Å²) in [7, 11) is 0. The Balaban J connectivity index is 0.00000187. The Morgan fingerprint density at radius 3 is 2.70 bits per heavy atom. The van der Waals surface area contributed by atoms with Crippen molar-refractivity contribution in [2.75, 3.05) is 26.2 Å². The van der Waals surface area contributed by atoms with E-state index in [4.69, 9.17) is 9.82 Å². The third-order valence-corrected chi connectivity index (χ3v) is 6.32. The van der Waals surface area contributed by atoms with Crippen LogP contribution in [0.3, 0.4) is 0 Å². The van der Waals surface area contributed by atoms with Crippen LogP contribution in [0, 0.1) is 25.7 Å². The number of halogens is 1. The number of oxime groups is 1. The topological polar surface area (TPSA) is 59.7 Å². The van der Waals surface area contributed by atoms with Crippen LogP contribution < -0.4 is 5.56 Å². The molecule has 2 aliphatic heterocycles. The summed E-state index contributed by atoms with van der Waals surface area (Å²) in [6.07, 6.45) is 20.5. The predicted molar refractivity (Wildman–Crippen MR) is 132 cm³/mol. The second kappa shape index (κ2) is 14.4. The molecule has 0 radical (unpaired) electrons. The zero-order chi connectivity index (χ0) is 24.1. The van der Waals surface area contributed by atoms with Crippen LogP contribution in [0.1, 0.15) is 56.1 Å². The highest BCUT2D eigenvalue weighted by Crippen LogP contribution is 2.21. The van der Waals surface area contributed by atoms with Gasteiger partial charge in [-0.2, -0.15) is 0 Å². The molecule has 1 aromatic heterocycles. The molecule has 6 nitrogen and oxygen atoms in total. The maximum absolute atomic E-state index is 12.9. The number of piperidine rings is 1. The minimum atomic E-state index is 0.151.